The fourth-order valence-electron chi connectivity index (χ4n) is 3.86. The SMILES string of the molecule is CC(C)N1CC(CCN2CCC(Cc3cc(F)ccc3Br)CC2)OC1=O. The van der Waals surface area contributed by atoms with Gasteiger partial charge in [-0.15, -0.1) is 0 Å². The molecule has 26 heavy (non-hydrogen) atoms. The van der Waals surface area contributed by atoms with Crippen LogP contribution in [0.4, 0.5) is 9.18 Å². The van der Waals surface area contributed by atoms with Crippen molar-refractivity contribution in [1.82, 2.24) is 9.80 Å². The lowest BCUT2D eigenvalue weighted by atomic mass is 9.90. The van der Waals surface area contributed by atoms with Crippen molar-refractivity contribution >= 4 is 22.0 Å². The van der Waals surface area contributed by atoms with E-state index in [4.69, 9.17) is 4.74 Å². The summed E-state index contributed by atoms with van der Waals surface area (Å²) in [4.78, 5) is 16.1. The molecule has 4 nitrogen and oxygen atoms in total. The summed E-state index contributed by atoms with van der Waals surface area (Å²) in [7, 11) is 0. The lowest BCUT2D eigenvalue weighted by Gasteiger charge is -2.32. The van der Waals surface area contributed by atoms with Crippen LogP contribution < -0.4 is 0 Å². The summed E-state index contributed by atoms with van der Waals surface area (Å²) in [5.41, 5.74) is 1.06. The number of carbonyl (C=O) groups excluding carboxylic acids is 1. The van der Waals surface area contributed by atoms with E-state index in [-0.39, 0.29) is 24.1 Å². The van der Waals surface area contributed by atoms with Crippen molar-refractivity contribution in [2.45, 2.75) is 51.7 Å². The van der Waals surface area contributed by atoms with Crippen LogP contribution in [-0.2, 0) is 11.2 Å². The molecule has 1 amide bonds. The Morgan fingerprint density at radius 2 is 2.04 bits per heavy atom. The number of halogens is 2. The van der Waals surface area contributed by atoms with Gasteiger partial charge in [0.05, 0.1) is 6.54 Å². The average molecular weight is 427 g/mol. The molecule has 0 spiro atoms. The van der Waals surface area contributed by atoms with Crippen molar-refractivity contribution in [2.24, 2.45) is 5.92 Å². The summed E-state index contributed by atoms with van der Waals surface area (Å²) in [6.45, 7) is 7.84. The zero-order valence-electron chi connectivity index (χ0n) is 15.6. The normalized spacial score (nSPS) is 22.3. The van der Waals surface area contributed by atoms with Gasteiger partial charge in [-0.05, 0) is 82.3 Å². The number of hydrogen-bond donors (Lipinski definition) is 0. The Hall–Kier alpha value is -1.14. The first-order valence-electron chi connectivity index (χ1n) is 9.56. The predicted octanol–water partition coefficient (Wildman–Crippen LogP) is 4.46. The smallest absolute Gasteiger partial charge is 0.410 e. The van der Waals surface area contributed by atoms with Crippen molar-refractivity contribution in [1.29, 1.82) is 0 Å². The lowest BCUT2D eigenvalue weighted by Crippen LogP contribution is -2.37. The van der Waals surface area contributed by atoms with Gasteiger partial charge in [-0.25, -0.2) is 9.18 Å². The molecule has 0 bridgehead atoms. The standard InChI is InChI=1S/C20H28BrFN2O2/c1-14(2)24-13-18(26-20(24)25)7-10-23-8-5-15(6-9-23)11-16-12-17(22)3-4-19(16)21/h3-4,12,14-15,18H,5-11,13H2,1-2H3. The van der Waals surface area contributed by atoms with E-state index < -0.39 is 0 Å². The van der Waals surface area contributed by atoms with Crippen molar-refractivity contribution in [3.63, 3.8) is 0 Å². The van der Waals surface area contributed by atoms with Crippen LogP contribution in [-0.4, -0.2) is 54.2 Å². The molecule has 1 unspecified atom stereocenters. The van der Waals surface area contributed by atoms with Gasteiger partial charge in [-0.2, -0.15) is 0 Å². The second kappa shape index (κ2) is 8.70. The second-order valence-corrected chi connectivity index (χ2v) is 8.62. The number of cyclic esters (lactones) is 1. The fourth-order valence-corrected chi connectivity index (χ4v) is 4.27. The Morgan fingerprint density at radius 1 is 1.31 bits per heavy atom. The number of ether oxygens (including phenoxy) is 1. The zero-order valence-corrected chi connectivity index (χ0v) is 17.2. The molecule has 2 aliphatic heterocycles. The molecule has 0 saturated carbocycles. The number of likely N-dealkylation sites (tertiary alicyclic amines) is 1. The van der Waals surface area contributed by atoms with Gasteiger partial charge in [0, 0.05) is 17.1 Å². The Morgan fingerprint density at radius 3 is 2.69 bits per heavy atom. The van der Waals surface area contributed by atoms with Gasteiger partial charge >= 0.3 is 6.09 Å². The highest BCUT2D eigenvalue weighted by Gasteiger charge is 2.33. The third-order valence-electron chi connectivity index (χ3n) is 5.52. The van der Waals surface area contributed by atoms with Crippen molar-refractivity contribution in [2.75, 3.05) is 26.2 Å². The fraction of sp³-hybridized carbons (Fsp3) is 0.650. The highest BCUT2D eigenvalue weighted by atomic mass is 79.9. The van der Waals surface area contributed by atoms with Gasteiger partial charge in [0.15, 0.2) is 0 Å². The van der Waals surface area contributed by atoms with Gasteiger partial charge < -0.3 is 14.5 Å². The summed E-state index contributed by atoms with van der Waals surface area (Å²) in [5.74, 6) is 0.437. The van der Waals surface area contributed by atoms with Gasteiger partial charge in [0.1, 0.15) is 11.9 Å². The monoisotopic (exact) mass is 426 g/mol. The maximum atomic E-state index is 13.4. The first kappa shape index (κ1) is 19.6. The van der Waals surface area contributed by atoms with E-state index in [1.165, 1.54) is 6.07 Å². The van der Waals surface area contributed by atoms with Crippen LogP contribution in [0, 0.1) is 11.7 Å². The number of hydrogen-bond acceptors (Lipinski definition) is 3. The molecule has 1 aromatic rings. The van der Waals surface area contributed by atoms with E-state index in [2.05, 4.69) is 20.8 Å². The van der Waals surface area contributed by atoms with E-state index in [0.717, 1.165) is 55.4 Å². The number of amides is 1. The summed E-state index contributed by atoms with van der Waals surface area (Å²) in [5, 5.41) is 0. The molecule has 0 radical (unpaired) electrons. The molecule has 0 aliphatic carbocycles. The van der Waals surface area contributed by atoms with Crippen molar-refractivity contribution in [3.8, 4) is 0 Å². The molecule has 1 aromatic carbocycles. The molecular weight excluding hydrogens is 399 g/mol. The average Bonchev–Trinajstić information content (AvgIpc) is 2.99. The molecule has 2 heterocycles. The molecular formula is C20H28BrFN2O2. The van der Waals surface area contributed by atoms with Crippen LogP contribution in [0.5, 0.6) is 0 Å². The summed E-state index contributed by atoms with van der Waals surface area (Å²) in [6, 6.07) is 5.13. The molecule has 1 atom stereocenters. The molecule has 6 heteroatoms. The molecule has 3 rings (SSSR count). The molecule has 2 fully saturated rings. The Bertz CT molecular complexity index is 632. The molecule has 144 valence electrons. The Balaban J connectivity index is 1.40. The van der Waals surface area contributed by atoms with Crippen LogP contribution in [0.2, 0.25) is 0 Å². The van der Waals surface area contributed by atoms with Gasteiger partial charge in [0.25, 0.3) is 0 Å². The lowest BCUT2D eigenvalue weighted by molar-refractivity contribution is 0.112. The third kappa shape index (κ3) is 4.97. The molecule has 0 N–H and O–H groups in total. The van der Waals surface area contributed by atoms with Gasteiger partial charge in [0.2, 0.25) is 0 Å². The van der Waals surface area contributed by atoms with E-state index in [1.54, 1.807) is 17.0 Å². The van der Waals surface area contributed by atoms with E-state index in [0.29, 0.717) is 12.5 Å². The van der Waals surface area contributed by atoms with Crippen LogP contribution in [0.3, 0.4) is 0 Å². The highest BCUT2D eigenvalue weighted by Crippen LogP contribution is 2.27. The minimum Gasteiger partial charge on any atom is -0.444 e. The Labute approximate surface area is 163 Å². The summed E-state index contributed by atoms with van der Waals surface area (Å²) < 4.78 is 19.9. The number of carbonyl (C=O) groups is 1. The van der Waals surface area contributed by atoms with Crippen LogP contribution in [0.15, 0.2) is 22.7 Å². The maximum absolute atomic E-state index is 13.4. The largest absolute Gasteiger partial charge is 0.444 e. The van der Waals surface area contributed by atoms with E-state index in [9.17, 15) is 9.18 Å². The molecule has 2 saturated heterocycles. The first-order valence-corrected chi connectivity index (χ1v) is 10.3. The summed E-state index contributed by atoms with van der Waals surface area (Å²) in [6.07, 6.45) is 3.93. The molecule has 2 aliphatic rings. The van der Waals surface area contributed by atoms with Gasteiger partial charge in [-0.3, -0.25) is 0 Å². The molecule has 0 aromatic heterocycles. The third-order valence-corrected chi connectivity index (χ3v) is 6.29. The predicted molar refractivity (Wildman–Crippen MR) is 104 cm³/mol. The number of nitrogens with zero attached hydrogens (tertiary/aromatic N) is 2. The Kier molecular flexibility index (Phi) is 6.56. The highest BCUT2D eigenvalue weighted by molar-refractivity contribution is 9.10. The second-order valence-electron chi connectivity index (χ2n) is 7.77. The van der Waals surface area contributed by atoms with Crippen LogP contribution >= 0.6 is 15.9 Å². The number of piperidine rings is 1. The van der Waals surface area contributed by atoms with Crippen molar-refractivity contribution in [3.05, 3.63) is 34.1 Å². The van der Waals surface area contributed by atoms with Gasteiger partial charge in [-0.1, -0.05) is 15.9 Å². The topological polar surface area (TPSA) is 32.8 Å². The van der Waals surface area contributed by atoms with Crippen LogP contribution in [0.25, 0.3) is 0 Å². The first-order chi connectivity index (χ1) is 12.4. The minimum absolute atomic E-state index is 0.0193. The quantitative estimate of drug-likeness (QED) is 0.672. The summed E-state index contributed by atoms with van der Waals surface area (Å²) >= 11 is 3.53. The van der Waals surface area contributed by atoms with Crippen LogP contribution in [0.1, 0.15) is 38.7 Å². The zero-order chi connectivity index (χ0) is 18.7. The maximum Gasteiger partial charge on any atom is 0.410 e. The van der Waals surface area contributed by atoms with Crippen molar-refractivity contribution < 1.29 is 13.9 Å². The number of benzene rings is 1. The number of rotatable bonds is 6. The van der Waals surface area contributed by atoms with E-state index in [1.807, 2.05) is 13.8 Å². The minimum atomic E-state index is -0.177. The van der Waals surface area contributed by atoms with E-state index >= 15 is 0 Å².